The number of piperidine rings is 1. The number of hydrogen-bond donors (Lipinski definition) is 1. The van der Waals surface area contributed by atoms with Crippen molar-refractivity contribution in [2.75, 3.05) is 26.3 Å². The fourth-order valence-electron chi connectivity index (χ4n) is 5.92. The number of rotatable bonds is 9. The van der Waals surface area contributed by atoms with Crippen molar-refractivity contribution in [1.29, 1.82) is 0 Å². The molecule has 1 aromatic rings. The van der Waals surface area contributed by atoms with Crippen molar-refractivity contribution in [3.05, 3.63) is 24.3 Å². The molecular formula is C25H36N2O6S. The van der Waals surface area contributed by atoms with Crippen molar-refractivity contribution >= 4 is 21.9 Å². The number of carbonyl (C=O) groups is 2. The third-order valence-electron chi connectivity index (χ3n) is 7.73. The molecule has 3 fully saturated rings. The van der Waals surface area contributed by atoms with Gasteiger partial charge in [0.1, 0.15) is 5.75 Å². The van der Waals surface area contributed by atoms with Gasteiger partial charge >= 0.3 is 5.97 Å². The molecule has 3 aliphatic rings. The van der Waals surface area contributed by atoms with Crippen molar-refractivity contribution in [3.63, 3.8) is 0 Å². The minimum atomic E-state index is -3.63. The van der Waals surface area contributed by atoms with Crippen LogP contribution >= 0.6 is 0 Å². The monoisotopic (exact) mass is 492 g/mol. The maximum Gasteiger partial charge on any atom is 0.309 e. The third-order valence-corrected chi connectivity index (χ3v) is 9.64. The lowest BCUT2D eigenvalue weighted by Crippen LogP contribution is -2.43. The van der Waals surface area contributed by atoms with Crippen LogP contribution in [0.4, 0.5) is 0 Å². The van der Waals surface area contributed by atoms with Gasteiger partial charge in [0.15, 0.2) is 6.61 Å². The molecule has 1 aromatic carbocycles. The Hall–Kier alpha value is -2.13. The Kier molecular flexibility index (Phi) is 7.82. The van der Waals surface area contributed by atoms with Gasteiger partial charge in [0, 0.05) is 19.1 Å². The SMILES string of the molecule is CCOc1ccc(S(=O)(=O)N2CCC(C(=O)OCC(=O)NC(C)C3CC4CCC3C4)CC2)cc1. The summed E-state index contributed by atoms with van der Waals surface area (Å²) < 4.78 is 37.9. The Morgan fingerprint density at radius 2 is 1.79 bits per heavy atom. The number of ether oxygens (including phenoxy) is 2. The van der Waals surface area contributed by atoms with Gasteiger partial charge in [0.05, 0.1) is 17.4 Å². The summed E-state index contributed by atoms with van der Waals surface area (Å²) in [7, 11) is -3.63. The first-order chi connectivity index (χ1) is 16.3. The van der Waals surface area contributed by atoms with Gasteiger partial charge in [-0.1, -0.05) is 6.42 Å². The van der Waals surface area contributed by atoms with Gasteiger partial charge in [-0.25, -0.2) is 8.42 Å². The third kappa shape index (κ3) is 5.57. The molecule has 1 heterocycles. The summed E-state index contributed by atoms with van der Waals surface area (Å²) in [5.41, 5.74) is 0. The van der Waals surface area contributed by atoms with Crippen LogP contribution in [0.1, 0.15) is 52.4 Å². The second kappa shape index (κ2) is 10.6. The number of esters is 1. The zero-order valence-electron chi connectivity index (χ0n) is 20.1. The quantitative estimate of drug-likeness (QED) is 0.532. The summed E-state index contributed by atoms with van der Waals surface area (Å²) >= 11 is 0. The van der Waals surface area contributed by atoms with Crippen LogP contribution in [0, 0.1) is 23.7 Å². The maximum atomic E-state index is 12.9. The summed E-state index contributed by atoms with van der Waals surface area (Å²) in [5, 5.41) is 3.01. The molecule has 1 saturated heterocycles. The van der Waals surface area contributed by atoms with E-state index in [1.54, 1.807) is 12.1 Å². The second-order valence-electron chi connectivity index (χ2n) is 9.89. The highest BCUT2D eigenvalue weighted by Gasteiger charge is 2.42. The van der Waals surface area contributed by atoms with E-state index in [2.05, 4.69) is 5.32 Å². The summed E-state index contributed by atoms with van der Waals surface area (Å²) in [5.74, 6) is 1.59. The standard InChI is InChI=1S/C25H36N2O6S/c1-3-32-21-6-8-22(9-7-21)34(30,31)27-12-10-19(11-13-27)25(29)33-16-24(28)26-17(2)23-15-18-4-5-20(23)14-18/h6-9,17-20,23H,3-5,10-16H2,1-2H3,(H,26,28). The van der Waals surface area contributed by atoms with E-state index in [0.29, 0.717) is 37.0 Å². The summed E-state index contributed by atoms with van der Waals surface area (Å²) in [4.78, 5) is 25.0. The van der Waals surface area contributed by atoms with Gasteiger partial charge in [-0.05, 0) is 88.0 Å². The zero-order valence-corrected chi connectivity index (χ0v) is 20.9. The molecular weight excluding hydrogens is 456 g/mol. The number of amides is 1. The highest BCUT2D eigenvalue weighted by atomic mass is 32.2. The van der Waals surface area contributed by atoms with E-state index >= 15 is 0 Å². The number of hydrogen-bond acceptors (Lipinski definition) is 6. The maximum absolute atomic E-state index is 12.9. The minimum Gasteiger partial charge on any atom is -0.494 e. The lowest BCUT2D eigenvalue weighted by Gasteiger charge is -2.30. The van der Waals surface area contributed by atoms with Crippen LogP contribution < -0.4 is 10.1 Å². The van der Waals surface area contributed by atoms with Crippen LogP contribution in [0.2, 0.25) is 0 Å². The zero-order chi connectivity index (χ0) is 24.3. The lowest BCUT2D eigenvalue weighted by atomic mass is 9.84. The average Bonchev–Trinajstić information content (AvgIpc) is 3.47. The molecule has 1 aliphatic heterocycles. The number of benzene rings is 1. The summed E-state index contributed by atoms with van der Waals surface area (Å²) in [6, 6.07) is 6.46. The highest BCUT2D eigenvalue weighted by molar-refractivity contribution is 7.89. The number of sulfonamides is 1. The van der Waals surface area contributed by atoms with Crippen molar-refractivity contribution in [2.45, 2.75) is 63.3 Å². The van der Waals surface area contributed by atoms with Gasteiger partial charge in [-0.3, -0.25) is 9.59 Å². The molecule has 4 rings (SSSR count). The van der Waals surface area contributed by atoms with Crippen molar-refractivity contribution in [1.82, 2.24) is 9.62 Å². The molecule has 8 nitrogen and oxygen atoms in total. The van der Waals surface area contributed by atoms with E-state index in [4.69, 9.17) is 9.47 Å². The number of carbonyl (C=O) groups excluding carboxylic acids is 2. The molecule has 2 saturated carbocycles. The van der Waals surface area contributed by atoms with E-state index in [9.17, 15) is 18.0 Å². The smallest absolute Gasteiger partial charge is 0.309 e. The van der Waals surface area contributed by atoms with Gasteiger partial charge in [0.25, 0.3) is 5.91 Å². The van der Waals surface area contributed by atoms with E-state index < -0.39 is 21.9 Å². The Balaban J connectivity index is 1.20. The van der Waals surface area contributed by atoms with Crippen LogP contribution in [0.5, 0.6) is 5.75 Å². The Morgan fingerprint density at radius 1 is 1.09 bits per heavy atom. The van der Waals surface area contributed by atoms with Crippen LogP contribution in [0.15, 0.2) is 29.2 Å². The Morgan fingerprint density at radius 3 is 2.38 bits per heavy atom. The highest BCUT2D eigenvalue weighted by Crippen LogP contribution is 2.49. The molecule has 0 aromatic heterocycles. The largest absolute Gasteiger partial charge is 0.494 e. The first-order valence-electron chi connectivity index (χ1n) is 12.5. The van der Waals surface area contributed by atoms with Gasteiger partial charge in [0.2, 0.25) is 10.0 Å². The van der Waals surface area contributed by atoms with Crippen LogP contribution in [0.25, 0.3) is 0 Å². The molecule has 9 heteroatoms. The Bertz CT molecular complexity index is 972. The molecule has 4 unspecified atom stereocenters. The van der Waals surface area contributed by atoms with Gasteiger partial charge in [-0.2, -0.15) is 4.31 Å². The molecule has 188 valence electrons. The number of nitrogens with one attached hydrogen (secondary N) is 1. The summed E-state index contributed by atoms with van der Waals surface area (Å²) in [6.45, 7) is 4.62. The van der Waals surface area contributed by atoms with Gasteiger partial charge < -0.3 is 14.8 Å². The molecule has 0 radical (unpaired) electrons. The van der Waals surface area contributed by atoms with Crippen LogP contribution in [-0.2, 0) is 24.3 Å². The van der Waals surface area contributed by atoms with Crippen molar-refractivity contribution in [3.8, 4) is 5.75 Å². The van der Waals surface area contributed by atoms with E-state index in [1.807, 2.05) is 13.8 Å². The minimum absolute atomic E-state index is 0.0950. The fourth-order valence-corrected chi connectivity index (χ4v) is 7.39. The lowest BCUT2D eigenvalue weighted by molar-refractivity contribution is -0.154. The molecule has 1 N–H and O–H groups in total. The second-order valence-corrected chi connectivity index (χ2v) is 11.8. The van der Waals surface area contributed by atoms with Crippen LogP contribution in [-0.4, -0.2) is 56.9 Å². The molecule has 34 heavy (non-hydrogen) atoms. The Labute approximate surface area is 202 Å². The first kappa shape index (κ1) is 25.0. The van der Waals surface area contributed by atoms with Crippen molar-refractivity contribution in [2.24, 2.45) is 23.7 Å². The average molecular weight is 493 g/mol. The predicted octanol–water partition coefficient (Wildman–Crippen LogP) is 2.97. The fraction of sp³-hybridized carbons (Fsp3) is 0.680. The summed E-state index contributed by atoms with van der Waals surface area (Å²) in [6.07, 6.45) is 5.80. The van der Waals surface area contributed by atoms with Crippen LogP contribution in [0.3, 0.4) is 0 Å². The topological polar surface area (TPSA) is 102 Å². The number of fused-ring (bicyclic) bond motifs is 2. The molecule has 4 atom stereocenters. The predicted molar refractivity (Wildman–Crippen MR) is 127 cm³/mol. The first-order valence-corrected chi connectivity index (χ1v) is 13.9. The number of nitrogens with zero attached hydrogens (tertiary/aromatic N) is 1. The van der Waals surface area contributed by atoms with E-state index in [0.717, 1.165) is 5.92 Å². The molecule has 2 bridgehead atoms. The molecule has 1 amide bonds. The van der Waals surface area contributed by atoms with E-state index in [-0.39, 0.29) is 36.5 Å². The normalized spacial score (nSPS) is 26.2. The van der Waals surface area contributed by atoms with E-state index in [1.165, 1.54) is 42.1 Å². The van der Waals surface area contributed by atoms with Gasteiger partial charge in [-0.15, -0.1) is 0 Å². The van der Waals surface area contributed by atoms with Crippen molar-refractivity contribution < 1.29 is 27.5 Å². The molecule has 0 spiro atoms. The molecule has 2 aliphatic carbocycles.